The summed E-state index contributed by atoms with van der Waals surface area (Å²) in [6.45, 7) is 3.55. The Bertz CT molecular complexity index is 259. The van der Waals surface area contributed by atoms with Gasteiger partial charge >= 0.3 is 0 Å². The lowest BCUT2D eigenvalue weighted by atomic mass is 9.94. The molecule has 4 nitrogen and oxygen atoms in total. The fourth-order valence-electron chi connectivity index (χ4n) is 2.52. The van der Waals surface area contributed by atoms with Crippen molar-refractivity contribution >= 4 is 5.96 Å². The Kier molecular flexibility index (Phi) is 3.38. The summed E-state index contributed by atoms with van der Waals surface area (Å²) in [7, 11) is 0. The number of rotatable bonds is 1. The van der Waals surface area contributed by atoms with Gasteiger partial charge in [-0.05, 0) is 32.6 Å². The first-order valence-electron chi connectivity index (χ1n) is 6.37. The second-order valence-electron chi connectivity index (χ2n) is 5.41. The van der Waals surface area contributed by atoms with E-state index in [9.17, 15) is 5.11 Å². The fraction of sp³-hybridized carbons (Fsp3) is 0.917. The van der Waals surface area contributed by atoms with Crippen LogP contribution in [0.1, 0.15) is 45.4 Å². The highest BCUT2D eigenvalue weighted by Gasteiger charge is 2.28. The molecule has 0 aromatic carbocycles. The summed E-state index contributed by atoms with van der Waals surface area (Å²) in [4.78, 5) is 6.69. The third kappa shape index (κ3) is 2.88. The number of hydrogen-bond acceptors (Lipinski definition) is 2. The molecule has 2 rings (SSSR count). The molecule has 0 atom stereocenters. The number of hydrogen-bond donors (Lipinski definition) is 2. The number of aliphatic imine (C=N–C) groups is 1. The Labute approximate surface area is 97.5 Å². The average Bonchev–Trinajstić information content (AvgIpc) is 2.70. The Hall–Kier alpha value is -0.770. The Morgan fingerprint density at radius 1 is 1.31 bits per heavy atom. The monoisotopic (exact) mass is 225 g/mol. The largest absolute Gasteiger partial charge is 0.390 e. The van der Waals surface area contributed by atoms with Gasteiger partial charge in [-0.1, -0.05) is 12.8 Å². The van der Waals surface area contributed by atoms with Gasteiger partial charge in [0.25, 0.3) is 0 Å². The van der Waals surface area contributed by atoms with Crippen molar-refractivity contribution in [3.05, 3.63) is 0 Å². The number of guanidine groups is 1. The van der Waals surface area contributed by atoms with Crippen molar-refractivity contribution in [3.8, 4) is 0 Å². The molecule has 1 aliphatic heterocycles. The molecule has 0 unspecified atom stereocenters. The van der Waals surface area contributed by atoms with Gasteiger partial charge in [-0.25, -0.2) is 4.99 Å². The van der Waals surface area contributed by atoms with Crippen LogP contribution in [0, 0.1) is 0 Å². The number of nitrogens with two attached hydrogens (primary N) is 1. The molecule has 16 heavy (non-hydrogen) atoms. The molecule has 92 valence electrons. The first-order valence-corrected chi connectivity index (χ1v) is 6.37. The molecule has 0 spiro atoms. The zero-order valence-electron chi connectivity index (χ0n) is 10.2. The minimum atomic E-state index is -0.510. The lowest BCUT2D eigenvalue weighted by molar-refractivity contribution is 0.00960. The summed E-state index contributed by atoms with van der Waals surface area (Å²) in [5.41, 5.74) is 5.50. The lowest BCUT2D eigenvalue weighted by Gasteiger charge is -2.36. The summed E-state index contributed by atoms with van der Waals surface area (Å²) in [5.74, 6) is 0.683. The van der Waals surface area contributed by atoms with Crippen molar-refractivity contribution in [1.29, 1.82) is 0 Å². The van der Waals surface area contributed by atoms with Crippen LogP contribution in [0.25, 0.3) is 0 Å². The zero-order valence-corrected chi connectivity index (χ0v) is 10.2. The van der Waals surface area contributed by atoms with E-state index in [0.717, 1.165) is 25.9 Å². The van der Waals surface area contributed by atoms with Crippen LogP contribution in [0.3, 0.4) is 0 Å². The lowest BCUT2D eigenvalue weighted by Crippen LogP contribution is -2.48. The average molecular weight is 225 g/mol. The van der Waals surface area contributed by atoms with Gasteiger partial charge in [-0.2, -0.15) is 0 Å². The molecule has 0 aromatic rings. The fourth-order valence-corrected chi connectivity index (χ4v) is 2.52. The molecule has 2 aliphatic rings. The van der Waals surface area contributed by atoms with Gasteiger partial charge in [0.15, 0.2) is 5.96 Å². The van der Waals surface area contributed by atoms with E-state index in [1.54, 1.807) is 0 Å². The van der Waals surface area contributed by atoms with Gasteiger partial charge in [0.2, 0.25) is 0 Å². The molecule has 0 amide bonds. The maximum Gasteiger partial charge on any atom is 0.191 e. The molecule has 2 fully saturated rings. The minimum Gasteiger partial charge on any atom is -0.390 e. The van der Waals surface area contributed by atoms with Crippen molar-refractivity contribution in [1.82, 2.24) is 4.90 Å². The van der Waals surface area contributed by atoms with Gasteiger partial charge in [-0.15, -0.1) is 0 Å². The van der Waals surface area contributed by atoms with Crippen LogP contribution in [0.5, 0.6) is 0 Å². The first-order chi connectivity index (χ1) is 7.57. The molecule has 0 bridgehead atoms. The van der Waals surface area contributed by atoms with Gasteiger partial charge in [0.05, 0.1) is 11.6 Å². The number of likely N-dealkylation sites (tertiary alicyclic amines) is 1. The molecule has 0 radical (unpaired) electrons. The van der Waals surface area contributed by atoms with Gasteiger partial charge in [0.1, 0.15) is 0 Å². The highest BCUT2D eigenvalue weighted by atomic mass is 16.3. The maximum absolute atomic E-state index is 9.85. The van der Waals surface area contributed by atoms with Gasteiger partial charge < -0.3 is 15.7 Å². The van der Waals surface area contributed by atoms with Crippen LogP contribution in [0.2, 0.25) is 0 Å². The zero-order chi connectivity index (χ0) is 11.6. The van der Waals surface area contributed by atoms with Crippen molar-refractivity contribution in [2.24, 2.45) is 10.7 Å². The summed E-state index contributed by atoms with van der Waals surface area (Å²) in [6, 6.07) is 0.447. The summed E-state index contributed by atoms with van der Waals surface area (Å²) >= 11 is 0. The normalized spacial score (nSPS) is 27.4. The van der Waals surface area contributed by atoms with Crippen LogP contribution in [-0.2, 0) is 0 Å². The highest BCUT2D eigenvalue weighted by Crippen LogP contribution is 2.23. The molecule has 1 heterocycles. The molecule has 3 N–H and O–H groups in total. The quantitative estimate of drug-likeness (QED) is 0.519. The standard InChI is InChI=1S/C12H23N3O/c1-12(16)6-8-15(9-7-12)11(13)14-10-4-2-3-5-10/h10,16H,2-9H2,1H3,(H2,13,14). The van der Waals surface area contributed by atoms with Crippen LogP contribution < -0.4 is 5.73 Å². The van der Waals surface area contributed by atoms with Crippen LogP contribution in [0.15, 0.2) is 4.99 Å². The molecule has 0 aromatic heterocycles. The second kappa shape index (κ2) is 4.62. The van der Waals surface area contributed by atoms with E-state index in [1.807, 2.05) is 6.92 Å². The predicted octanol–water partition coefficient (Wildman–Crippen LogP) is 1.09. The van der Waals surface area contributed by atoms with E-state index >= 15 is 0 Å². The van der Waals surface area contributed by atoms with Crippen LogP contribution in [-0.4, -0.2) is 40.7 Å². The van der Waals surface area contributed by atoms with Crippen LogP contribution in [0.4, 0.5) is 0 Å². The van der Waals surface area contributed by atoms with E-state index in [1.165, 1.54) is 25.7 Å². The third-order valence-electron chi connectivity index (χ3n) is 3.80. The third-order valence-corrected chi connectivity index (χ3v) is 3.80. The Balaban J connectivity index is 1.88. The van der Waals surface area contributed by atoms with E-state index in [0.29, 0.717) is 12.0 Å². The smallest absolute Gasteiger partial charge is 0.191 e. The Morgan fingerprint density at radius 3 is 2.44 bits per heavy atom. The molecule has 1 saturated heterocycles. The minimum absolute atomic E-state index is 0.447. The highest BCUT2D eigenvalue weighted by molar-refractivity contribution is 5.78. The summed E-state index contributed by atoms with van der Waals surface area (Å²) in [5, 5.41) is 9.85. The van der Waals surface area contributed by atoms with E-state index < -0.39 is 5.60 Å². The summed E-state index contributed by atoms with van der Waals surface area (Å²) < 4.78 is 0. The number of piperidine rings is 1. The number of nitrogens with zero attached hydrogens (tertiary/aromatic N) is 2. The van der Waals surface area contributed by atoms with E-state index in [-0.39, 0.29) is 0 Å². The molecular formula is C12H23N3O. The van der Waals surface area contributed by atoms with E-state index in [2.05, 4.69) is 9.89 Å². The second-order valence-corrected chi connectivity index (χ2v) is 5.41. The predicted molar refractivity (Wildman–Crippen MR) is 65.3 cm³/mol. The van der Waals surface area contributed by atoms with Crippen LogP contribution >= 0.6 is 0 Å². The number of aliphatic hydroxyl groups is 1. The summed E-state index contributed by atoms with van der Waals surface area (Å²) in [6.07, 6.45) is 6.52. The molecule has 1 aliphatic carbocycles. The molecule has 4 heteroatoms. The molecule has 1 saturated carbocycles. The van der Waals surface area contributed by atoms with Crippen molar-refractivity contribution < 1.29 is 5.11 Å². The maximum atomic E-state index is 9.85. The topological polar surface area (TPSA) is 61.8 Å². The Morgan fingerprint density at radius 2 is 1.88 bits per heavy atom. The first kappa shape index (κ1) is 11.7. The molecular weight excluding hydrogens is 202 g/mol. The van der Waals surface area contributed by atoms with Gasteiger partial charge in [0, 0.05) is 13.1 Å². The van der Waals surface area contributed by atoms with Gasteiger partial charge in [-0.3, -0.25) is 0 Å². The SMILES string of the molecule is CC1(O)CCN(C(N)=NC2CCCC2)CC1. The van der Waals surface area contributed by atoms with E-state index in [4.69, 9.17) is 5.73 Å². The van der Waals surface area contributed by atoms with Crippen molar-refractivity contribution in [2.45, 2.75) is 57.1 Å². The van der Waals surface area contributed by atoms with Crippen molar-refractivity contribution in [2.75, 3.05) is 13.1 Å². The van der Waals surface area contributed by atoms with Crippen molar-refractivity contribution in [3.63, 3.8) is 0 Å².